The molecule has 0 N–H and O–H groups in total. The molecule has 4 heteroatoms. The van der Waals surface area contributed by atoms with Crippen LogP contribution in [0.3, 0.4) is 0 Å². The number of aryl methyl sites for hydroxylation is 3. The number of hydrogen-bond donors (Lipinski definition) is 0. The van der Waals surface area contributed by atoms with Crippen molar-refractivity contribution in [2.75, 3.05) is 6.61 Å². The van der Waals surface area contributed by atoms with Gasteiger partial charge in [0, 0.05) is 18.0 Å². The highest BCUT2D eigenvalue weighted by molar-refractivity contribution is 6.31. The molecule has 0 aliphatic carbocycles. The highest BCUT2D eigenvalue weighted by Gasteiger charge is 2.12. The standard InChI is InChI=1S/C25H25ClN2O/c1-18-8-3-4-9-20(18)17-25-27-23-10-5-6-11-24(23)28(25)14-7-15-29-21-12-13-22(26)19(2)16-21/h3-6,8-13,16H,7,14-15,17H2,1-2H3. The van der Waals surface area contributed by atoms with Crippen molar-refractivity contribution in [1.29, 1.82) is 0 Å². The van der Waals surface area contributed by atoms with Gasteiger partial charge in [0.05, 0.1) is 17.6 Å². The Kier molecular flexibility index (Phi) is 5.86. The van der Waals surface area contributed by atoms with Crippen molar-refractivity contribution < 1.29 is 4.74 Å². The van der Waals surface area contributed by atoms with Crippen LogP contribution in [-0.4, -0.2) is 16.2 Å². The summed E-state index contributed by atoms with van der Waals surface area (Å²) in [5.74, 6) is 1.96. The summed E-state index contributed by atoms with van der Waals surface area (Å²) in [7, 11) is 0. The van der Waals surface area contributed by atoms with E-state index < -0.39 is 0 Å². The summed E-state index contributed by atoms with van der Waals surface area (Å²) in [6.07, 6.45) is 1.74. The predicted octanol–water partition coefficient (Wildman–Crippen LogP) is 6.37. The summed E-state index contributed by atoms with van der Waals surface area (Å²) in [5.41, 5.74) is 5.87. The highest BCUT2D eigenvalue weighted by atomic mass is 35.5. The molecule has 0 radical (unpaired) electrons. The Bertz CT molecular complexity index is 1130. The molecule has 0 fully saturated rings. The number of hydrogen-bond acceptors (Lipinski definition) is 2. The molecule has 0 unspecified atom stereocenters. The Labute approximate surface area is 176 Å². The highest BCUT2D eigenvalue weighted by Crippen LogP contribution is 2.22. The van der Waals surface area contributed by atoms with Crippen molar-refractivity contribution in [1.82, 2.24) is 9.55 Å². The van der Waals surface area contributed by atoms with Gasteiger partial charge in [-0.15, -0.1) is 0 Å². The van der Waals surface area contributed by atoms with E-state index in [1.54, 1.807) is 0 Å². The maximum absolute atomic E-state index is 6.09. The fourth-order valence-electron chi connectivity index (χ4n) is 3.61. The maximum Gasteiger partial charge on any atom is 0.119 e. The molecule has 29 heavy (non-hydrogen) atoms. The summed E-state index contributed by atoms with van der Waals surface area (Å²) in [6, 6.07) is 22.7. The maximum atomic E-state index is 6.09. The van der Waals surface area contributed by atoms with Crippen LogP contribution < -0.4 is 4.74 Å². The van der Waals surface area contributed by atoms with Gasteiger partial charge in [-0.2, -0.15) is 0 Å². The van der Waals surface area contributed by atoms with Gasteiger partial charge in [0.1, 0.15) is 11.6 Å². The molecule has 0 spiro atoms. The second kappa shape index (κ2) is 8.71. The third kappa shape index (κ3) is 4.46. The third-order valence-corrected chi connectivity index (χ3v) is 5.69. The Morgan fingerprint density at radius 2 is 1.72 bits per heavy atom. The minimum Gasteiger partial charge on any atom is -0.494 e. The molecule has 1 heterocycles. The Morgan fingerprint density at radius 3 is 2.55 bits per heavy atom. The van der Waals surface area contributed by atoms with Gasteiger partial charge in [0.2, 0.25) is 0 Å². The van der Waals surface area contributed by atoms with Gasteiger partial charge in [-0.1, -0.05) is 48.0 Å². The number of benzene rings is 3. The molecular formula is C25H25ClN2O. The quantitative estimate of drug-likeness (QED) is 0.335. The molecule has 0 aliphatic rings. The van der Waals surface area contributed by atoms with E-state index in [4.69, 9.17) is 21.3 Å². The molecule has 0 atom stereocenters. The molecule has 3 aromatic carbocycles. The topological polar surface area (TPSA) is 27.1 Å². The van der Waals surface area contributed by atoms with Gasteiger partial charge < -0.3 is 9.30 Å². The van der Waals surface area contributed by atoms with Crippen molar-refractivity contribution in [2.45, 2.75) is 33.2 Å². The molecule has 4 rings (SSSR count). The lowest BCUT2D eigenvalue weighted by Crippen LogP contribution is -2.09. The van der Waals surface area contributed by atoms with Gasteiger partial charge >= 0.3 is 0 Å². The van der Waals surface area contributed by atoms with Crippen LogP contribution in [0.5, 0.6) is 5.75 Å². The smallest absolute Gasteiger partial charge is 0.119 e. The zero-order chi connectivity index (χ0) is 20.2. The second-order valence-electron chi connectivity index (χ2n) is 7.38. The number of para-hydroxylation sites is 2. The molecular weight excluding hydrogens is 380 g/mol. The zero-order valence-electron chi connectivity index (χ0n) is 16.9. The summed E-state index contributed by atoms with van der Waals surface area (Å²) in [4.78, 5) is 4.91. The van der Waals surface area contributed by atoms with Crippen LogP contribution >= 0.6 is 11.6 Å². The van der Waals surface area contributed by atoms with E-state index in [2.05, 4.69) is 54.0 Å². The molecule has 0 bridgehead atoms. The van der Waals surface area contributed by atoms with Crippen LogP contribution in [0.1, 0.15) is 28.9 Å². The first-order valence-electron chi connectivity index (χ1n) is 9.99. The number of aromatic nitrogens is 2. The summed E-state index contributed by atoms with van der Waals surface area (Å²) in [6.45, 7) is 5.67. The van der Waals surface area contributed by atoms with E-state index in [0.29, 0.717) is 6.61 Å². The number of halogens is 1. The Balaban J connectivity index is 1.49. The van der Waals surface area contributed by atoms with Crippen molar-refractivity contribution in [3.05, 3.63) is 94.3 Å². The molecule has 0 saturated carbocycles. The zero-order valence-corrected chi connectivity index (χ0v) is 17.6. The van der Waals surface area contributed by atoms with Crippen LogP contribution in [0.25, 0.3) is 11.0 Å². The number of imidazole rings is 1. The molecule has 148 valence electrons. The van der Waals surface area contributed by atoms with Crippen molar-refractivity contribution in [3.8, 4) is 5.75 Å². The van der Waals surface area contributed by atoms with E-state index >= 15 is 0 Å². The summed E-state index contributed by atoms with van der Waals surface area (Å²) >= 11 is 6.09. The first-order valence-corrected chi connectivity index (χ1v) is 10.4. The number of nitrogens with zero attached hydrogens (tertiary/aromatic N) is 2. The average Bonchev–Trinajstić information content (AvgIpc) is 3.07. The van der Waals surface area contributed by atoms with Gasteiger partial charge in [-0.25, -0.2) is 4.98 Å². The monoisotopic (exact) mass is 404 g/mol. The van der Waals surface area contributed by atoms with E-state index in [1.165, 1.54) is 16.6 Å². The third-order valence-electron chi connectivity index (χ3n) is 5.27. The van der Waals surface area contributed by atoms with Crippen molar-refractivity contribution in [3.63, 3.8) is 0 Å². The van der Waals surface area contributed by atoms with Gasteiger partial charge in [0.15, 0.2) is 0 Å². The number of fused-ring (bicyclic) bond motifs is 1. The van der Waals surface area contributed by atoms with Gasteiger partial charge in [0.25, 0.3) is 0 Å². The van der Waals surface area contributed by atoms with Gasteiger partial charge in [-0.05, 0) is 67.3 Å². The van der Waals surface area contributed by atoms with Crippen LogP contribution in [0, 0.1) is 13.8 Å². The van der Waals surface area contributed by atoms with Crippen LogP contribution in [-0.2, 0) is 13.0 Å². The molecule has 0 amide bonds. The minimum atomic E-state index is 0.650. The first-order chi connectivity index (χ1) is 14.1. The summed E-state index contributed by atoms with van der Waals surface area (Å²) in [5, 5.41) is 0.767. The molecule has 0 saturated heterocycles. The minimum absolute atomic E-state index is 0.650. The van der Waals surface area contributed by atoms with Crippen LogP contribution in [0.2, 0.25) is 5.02 Å². The lowest BCUT2D eigenvalue weighted by atomic mass is 10.1. The number of ether oxygens (including phenoxy) is 1. The summed E-state index contributed by atoms with van der Waals surface area (Å²) < 4.78 is 8.27. The van der Waals surface area contributed by atoms with E-state index in [0.717, 1.165) is 47.1 Å². The van der Waals surface area contributed by atoms with Crippen molar-refractivity contribution in [2.24, 2.45) is 0 Å². The van der Waals surface area contributed by atoms with E-state index in [-0.39, 0.29) is 0 Å². The molecule has 4 aromatic rings. The second-order valence-corrected chi connectivity index (χ2v) is 7.79. The SMILES string of the molecule is Cc1cc(OCCCn2c(Cc3ccccc3C)nc3ccccc32)ccc1Cl. The number of rotatable bonds is 7. The largest absolute Gasteiger partial charge is 0.494 e. The fraction of sp³-hybridized carbons (Fsp3) is 0.240. The first kappa shape index (κ1) is 19.5. The van der Waals surface area contributed by atoms with Gasteiger partial charge in [-0.3, -0.25) is 0 Å². The molecule has 0 aliphatic heterocycles. The van der Waals surface area contributed by atoms with Crippen LogP contribution in [0.4, 0.5) is 0 Å². The molecule has 3 nitrogen and oxygen atoms in total. The predicted molar refractivity (Wildman–Crippen MR) is 120 cm³/mol. The van der Waals surface area contributed by atoms with E-state index in [1.807, 2.05) is 31.2 Å². The normalized spacial score (nSPS) is 11.1. The lowest BCUT2D eigenvalue weighted by Gasteiger charge is -2.12. The Morgan fingerprint density at radius 1 is 0.931 bits per heavy atom. The Hall–Kier alpha value is -2.78. The lowest BCUT2D eigenvalue weighted by molar-refractivity contribution is 0.301. The molecule has 1 aromatic heterocycles. The van der Waals surface area contributed by atoms with E-state index in [9.17, 15) is 0 Å². The average molecular weight is 405 g/mol. The fourth-order valence-corrected chi connectivity index (χ4v) is 3.73. The van der Waals surface area contributed by atoms with Crippen LogP contribution in [0.15, 0.2) is 66.7 Å². The van der Waals surface area contributed by atoms with Crippen molar-refractivity contribution >= 4 is 22.6 Å².